The summed E-state index contributed by atoms with van der Waals surface area (Å²) in [7, 11) is 5.27. The number of hydrogen-bond acceptors (Lipinski definition) is 6. The third-order valence-electron chi connectivity index (χ3n) is 4.31. The van der Waals surface area contributed by atoms with Crippen molar-refractivity contribution in [3.8, 4) is 11.5 Å². The van der Waals surface area contributed by atoms with E-state index in [2.05, 4.69) is 25.8 Å². The van der Waals surface area contributed by atoms with E-state index in [1.54, 1.807) is 14.2 Å². The Morgan fingerprint density at radius 3 is 2.63 bits per heavy atom. The maximum Gasteiger partial charge on any atom is 0.191 e. The predicted molar refractivity (Wildman–Crippen MR) is 128 cm³/mol. The van der Waals surface area contributed by atoms with E-state index in [0.29, 0.717) is 25.7 Å². The van der Waals surface area contributed by atoms with E-state index in [9.17, 15) is 0 Å². The van der Waals surface area contributed by atoms with Gasteiger partial charge in [-0.2, -0.15) is 0 Å². The SMILES string of the molecule is COCCCNC(=NCc1nnc(C)n1C)NCC(C)Oc1cccc(OC)c1.I. The van der Waals surface area contributed by atoms with Gasteiger partial charge in [-0.3, -0.25) is 0 Å². The third kappa shape index (κ3) is 8.74. The van der Waals surface area contributed by atoms with Crippen LogP contribution in [0.2, 0.25) is 0 Å². The minimum Gasteiger partial charge on any atom is -0.497 e. The van der Waals surface area contributed by atoms with Crippen molar-refractivity contribution in [3.63, 3.8) is 0 Å². The van der Waals surface area contributed by atoms with E-state index in [1.165, 1.54) is 0 Å². The normalized spacial score (nSPS) is 12.1. The Morgan fingerprint density at radius 2 is 1.97 bits per heavy atom. The highest BCUT2D eigenvalue weighted by molar-refractivity contribution is 14.0. The Morgan fingerprint density at radius 1 is 1.20 bits per heavy atom. The molecule has 9 nitrogen and oxygen atoms in total. The minimum atomic E-state index is -0.0647. The molecule has 1 atom stereocenters. The third-order valence-corrected chi connectivity index (χ3v) is 4.31. The molecule has 0 radical (unpaired) electrons. The number of hydrogen-bond donors (Lipinski definition) is 2. The van der Waals surface area contributed by atoms with Crippen molar-refractivity contribution in [2.24, 2.45) is 12.0 Å². The molecule has 30 heavy (non-hydrogen) atoms. The fourth-order valence-corrected chi connectivity index (χ4v) is 2.52. The van der Waals surface area contributed by atoms with Gasteiger partial charge in [0.1, 0.15) is 30.0 Å². The van der Waals surface area contributed by atoms with E-state index < -0.39 is 0 Å². The molecule has 0 aliphatic rings. The van der Waals surface area contributed by atoms with Crippen LogP contribution >= 0.6 is 24.0 Å². The highest BCUT2D eigenvalue weighted by Crippen LogP contribution is 2.19. The first-order valence-electron chi connectivity index (χ1n) is 9.70. The highest BCUT2D eigenvalue weighted by atomic mass is 127. The van der Waals surface area contributed by atoms with Gasteiger partial charge in [-0.1, -0.05) is 6.07 Å². The molecular formula is C20H33IN6O3. The summed E-state index contributed by atoms with van der Waals surface area (Å²) in [6, 6.07) is 7.57. The number of ether oxygens (including phenoxy) is 3. The lowest BCUT2D eigenvalue weighted by molar-refractivity contribution is 0.195. The van der Waals surface area contributed by atoms with Crippen LogP contribution in [0.1, 0.15) is 25.0 Å². The quantitative estimate of drug-likeness (QED) is 0.199. The van der Waals surface area contributed by atoms with E-state index in [0.717, 1.165) is 36.1 Å². The molecule has 0 saturated heterocycles. The molecule has 2 aromatic rings. The molecule has 0 saturated carbocycles. The lowest BCUT2D eigenvalue weighted by Crippen LogP contribution is -2.42. The maximum absolute atomic E-state index is 5.96. The van der Waals surface area contributed by atoms with Gasteiger partial charge in [0.2, 0.25) is 0 Å². The molecule has 0 aliphatic carbocycles. The molecule has 0 amide bonds. The Labute approximate surface area is 195 Å². The zero-order chi connectivity index (χ0) is 21.1. The smallest absolute Gasteiger partial charge is 0.191 e. The van der Waals surface area contributed by atoms with Crippen LogP contribution in [-0.4, -0.2) is 60.7 Å². The second-order valence-electron chi connectivity index (χ2n) is 6.65. The topological polar surface area (TPSA) is 94.8 Å². The van der Waals surface area contributed by atoms with Gasteiger partial charge in [0, 0.05) is 33.4 Å². The molecule has 0 aliphatic heterocycles. The summed E-state index contributed by atoms with van der Waals surface area (Å²) in [5.74, 6) is 3.89. The second kappa shape index (κ2) is 14.0. The number of nitrogens with one attached hydrogen (secondary N) is 2. The van der Waals surface area contributed by atoms with Crippen LogP contribution in [0.5, 0.6) is 11.5 Å². The van der Waals surface area contributed by atoms with Crippen molar-refractivity contribution in [2.45, 2.75) is 32.9 Å². The van der Waals surface area contributed by atoms with Gasteiger partial charge < -0.3 is 29.4 Å². The van der Waals surface area contributed by atoms with Crippen molar-refractivity contribution >= 4 is 29.9 Å². The number of halogens is 1. The molecule has 10 heteroatoms. The predicted octanol–water partition coefficient (Wildman–Crippen LogP) is 2.29. The Hall–Kier alpha value is -2.08. The van der Waals surface area contributed by atoms with Gasteiger partial charge in [0.15, 0.2) is 11.8 Å². The number of benzene rings is 1. The summed E-state index contributed by atoms with van der Waals surface area (Å²) in [5, 5.41) is 14.9. The molecule has 1 heterocycles. The Balaban J connectivity index is 0.00000450. The summed E-state index contributed by atoms with van der Waals surface area (Å²) in [6.07, 6.45) is 0.820. The van der Waals surface area contributed by atoms with Gasteiger partial charge >= 0.3 is 0 Å². The number of aliphatic imine (C=N–C) groups is 1. The van der Waals surface area contributed by atoms with Crippen LogP contribution in [0.25, 0.3) is 0 Å². The van der Waals surface area contributed by atoms with E-state index in [1.807, 2.05) is 49.7 Å². The van der Waals surface area contributed by atoms with Crippen molar-refractivity contribution in [1.82, 2.24) is 25.4 Å². The lowest BCUT2D eigenvalue weighted by Gasteiger charge is -2.18. The molecule has 1 aromatic carbocycles. The largest absolute Gasteiger partial charge is 0.497 e. The van der Waals surface area contributed by atoms with Crippen LogP contribution in [0.15, 0.2) is 29.3 Å². The first-order valence-corrected chi connectivity index (χ1v) is 9.70. The zero-order valence-corrected chi connectivity index (χ0v) is 20.7. The number of rotatable bonds is 11. The summed E-state index contributed by atoms with van der Waals surface area (Å²) >= 11 is 0. The average molecular weight is 532 g/mol. The summed E-state index contributed by atoms with van der Waals surface area (Å²) in [4.78, 5) is 4.63. The maximum atomic E-state index is 5.96. The number of methoxy groups -OCH3 is 2. The summed E-state index contributed by atoms with van der Waals surface area (Å²) < 4.78 is 18.2. The van der Waals surface area contributed by atoms with Gasteiger partial charge in [-0.15, -0.1) is 34.2 Å². The van der Waals surface area contributed by atoms with Crippen molar-refractivity contribution in [3.05, 3.63) is 35.9 Å². The zero-order valence-electron chi connectivity index (χ0n) is 18.3. The number of guanidine groups is 1. The first-order chi connectivity index (χ1) is 14.0. The molecule has 0 fully saturated rings. The van der Waals surface area contributed by atoms with E-state index >= 15 is 0 Å². The number of nitrogens with zero attached hydrogens (tertiary/aromatic N) is 4. The fourth-order valence-electron chi connectivity index (χ4n) is 2.52. The van der Waals surface area contributed by atoms with Crippen LogP contribution in [0, 0.1) is 6.92 Å². The highest BCUT2D eigenvalue weighted by Gasteiger charge is 2.08. The van der Waals surface area contributed by atoms with Gasteiger partial charge in [0.05, 0.1) is 13.7 Å². The molecular weight excluding hydrogens is 499 g/mol. The van der Waals surface area contributed by atoms with E-state index in [-0.39, 0.29) is 30.1 Å². The standard InChI is InChI=1S/C20H32N6O3.HI/c1-15(29-18-9-6-8-17(12-18)28-5)13-22-20(21-10-7-11-27-4)23-14-19-25-24-16(2)26(19)3;/h6,8-9,12,15H,7,10-11,13-14H2,1-5H3,(H2,21,22,23);1H. The van der Waals surface area contributed by atoms with Gasteiger partial charge in [0.25, 0.3) is 0 Å². The van der Waals surface area contributed by atoms with Crippen molar-refractivity contribution in [1.29, 1.82) is 0 Å². The monoisotopic (exact) mass is 532 g/mol. The van der Waals surface area contributed by atoms with Crippen molar-refractivity contribution < 1.29 is 14.2 Å². The average Bonchev–Trinajstić information content (AvgIpc) is 3.04. The van der Waals surface area contributed by atoms with Gasteiger partial charge in [-0.25, -0.2) is 4.99 Å². The molecule has 2 rings (SSSR count). The molecule has 168 valence electrons. The molecule has 0 spiro atoms. The molecule has 1 unspecified atom stereocenters. The Bertz CT molecular complexity index is 784. The van der Waals surface area contributed by atoms with Crippen molar-refractivity contribution in [2.75, 3.05) is 33.9 Å². The molecule has 1 aromatic heterocycles. The van der Waals surface area contributed by atoms with Gasteiger partial charge in [-0.05, 0) is 32.4 Å². The van der Waals surface area contributed by atoms with Crippen LogP contribution in [-0.2, 0) is 18.3 Å². The lowest BCUT2D eigenvalue weighted by atomic mass is 10.3. The molecule has 0 bridgehead atoms. The van der Waals surface area contributed by atoms with E-state index in [4.69, 9.17) is 14.2 Å². The van der Waals surface area contributed by atoms with Crippen LogP contribution in [0.3, 0.4) is 0 Å². The fraction of sp³-hybridized carbons (Fsp3) is 0.550. The number of aryl methyl sites for hydroxylation is 1. The van der Waals surface area contributed by atoms with Crippen LogP contribution < -0.4 is 20.1 Å². The second-order valence-corrected chi connectivity index (χ2v) is 6.65. The first kappa shape index (κ1) is 26.0. The summed E-state index contributed by atoms with van der Waals surface area (Å²) in [6.45, 7) is 6.38. The van der Waals surface area contributed by atoms with Crippen LogP contribution in [0.4, 0.5) is 0 Å². The Kier molecular flexibility index (Phi) is 12.1. The molecule has 2 N–H and O–H groups in total. The minimum absolute atomic E-state index is 0. The number of aromatic nitrogens is 3. The summed E-state index contributed by atoms with van der Waals surface area (Å²) in [5.41, 5.74) is 0.